The number of nitrogens with zero attached hydrogens (tertiary/aromatic N) is 4. The molecule has 9 heteroatoms. The number of Topliss-reactive ketones (excluding diaryl/α,β-unsaturated/α-hetero) is 1. The van der Waals surface area contributed by atoms with E-state index >= 15 is 0 Å². The van der Waals surface area contributed by atoms with Gasteiger partial charge < -0.3 is 19.9 Å². The van der Waals surface area contributed by atoms with Gasteiger partial charge in [-0.15, -0.1) is 0 Å². The summed E-state index contributed by atoms with van der Waals surface area (Å²) in [5, 5.41) is 4.16. The molecule has 9 nitrogen and oxygen atoms in total. The highest BCUT2D eigenvalue weighted by Gasteiger charge is 2.27. The molecule has 0 spiro atoms. The molecule has 0 aliphatic carbocycles. The molecule has 1 amide bonds. The van der Waals surface area contributed by atoms with Crippen LogP contribution >= 0.6 is 0 Å². The van der Waals surface area contributed by atoms with E-state index in [-0.39, 0.29) is 12.2 Å². The molecule has 0 saturated heterocycles. The van der Waals surface area contributed by atoms with Gasteiger partial charge in [-0.05, 0) is 50.5 Å². The first-order valence-electron chi connectivity index (χ1n) is 10.6. The minimum absolute atomic E-state index is 0.234. The fourth-order valence-corrected chi connectivity index (χ4v) is 3.60. The number of amides is 1. The van der Waals surface area contributed by atoms with Crippen molar-refractivity contribution in [2.75, 3.05) is 6.54 Å². The van der Waals surface area contributed by atoms with Crippen LogP contribution in [0, 0.1) is 13.8 Å². The zero-order valence-corrected chi connectivity index (χ0v) is 18.8. The second-order valence-corrected chi connectivity index (χ2v) is 7.99. The van der Waals surface area contributed by atoms with Crippen molar-refractivity contribution in [1.29, 1.82) is 0 Å². The van der Waals surface area contributed by atoms with Crippen LogP contribution in [0.25, 0.3) is 11.3 Å². The van der Waals surface area contributed by atoms with Crippen LogP contribution in [-0.2, 0) is 29.2 Å². The van der Waals surface area contributed by atoms with Crippen LogP contribution in [0.4, 0.5) is 0 Å². The van der Waals surface area contributed by atoms with E-state index in [1.165, 1.54) is 11.8 Å². The molecule has 0 atom stereocenters. The van der Waals surface area contributed by atoms with Gasteiger partial charge in [0.15, 0.2) is 0 Å². The maximum absolute atomic E-state index is 12.4. The minimum atomic E-state index is -0.586. The Balaban J connectivity index is 1.46. The number of aromatic nitrogens is 3. The zero-order chi connectivity index (χ0) is 23.5. The van der Waals surface area contributed by atoms with Gasteiger partial charge in [0.1, 0.15) is 18.1 Å². The number of nitrogens with two attached hydrogens (primary N) is 1. The Morgan fingerprint density at radius 1 is 1.21 bits per heavy atom. The molecule has 170 valence electrons. The molecule has 4 rings (SSSR count). The van der Waals surface area contributed by atoms with Gasteiger partial charge in [0.05, 0.1) is 5.56 Å². The highest BCUT2D eigenvalue weighted by Crippen LogP contribution is 2.27. The van der Waals surface area contributed by atoms with E-state index in [2.05, 4.69) is 15.1 Å². The van der Waals surface area contributed by atoms with E-state index in [0.717, 1.165) is 34.1 Å². The van der Waals surface area contributed by atoms with Crippen molar-refractivity contribution in [1.82, 2.24) is 20.0 Å². The fraction of sp³-hybridized carbons (Fsp3) is 0.292. The molecule has 0 aromatic carbocycles. The maximum Gasteiger partial charge on any atom is 0.294 e. The standard InChI is InChI=1S/C24H25N5O4/c1-14(9-25)23(30)24(31)29-7-6-17-8-21(27-11-19(17)12-29)32-13-20-16(3)33-28-22(20)18-5-4-15(2)26-10-18/h4-5,8-11H,6-7,12-13,25H2,1-3H3. The predicted molar refractivity (Wildman–Crippen MR) is 120 cm³/mol. The quantitative estimate of drug-likeness (QED) is 0.452. The molecule has 1 aliphatic heterocycles. The second kappa shape index (κ2) is 9.23. The van der Waals surface area contributed by atoms with Gasteiger partial charge in [-0.3, -0.25) is 14.6 Å². The molecule has 0 saturated carbocycles. The first-order chi connectivity index (χ1) is 15.9. The molecule has 4 heterocycles. The van der Waals surface area contributed by atoms with Gasteiger partial charge in [-0.25, -0.2) is 4.98 Å². The number of pyridine rings is 2. The van der Waals surface area contributed by atoms with Crippen molar-refractivity contribution in [3.8, 4) is 17.1 Å². The maximum atomic E-state index is 12.4. The highest BCUT2D eigenvalue weighted by atomic mass is 16.5. The Morgan fingerprint density at radius 3 is 2.76 bits per heavy atom. The molecular formula is C24H25N5O4. The molecule has 0 bridgehead atoms. The molecule has 0 unspecified atom stereocenters. The third kappa shape index (κ3) is 4.62. The van der Waals surface area contributed by atoms with Gasteiger partial charge in [0, 0.05) is 54.6 Å². The molecule has 3 aromatic rings. The number of hydrogen-bond donors (Lipinski definition) is 1. The van der Waals surface area contributed by atoms with Crippen molar-refractivity contribution in [2.24, 2.45) is 5.73 Å². The molecule has 33 heavy (non-hydrogen) atoms. The summed E-state index contributed by atoms with van der Waals surface area (Å²) in [6.07, 6.45) is 5.20. The van der Waals surface area contributed by atoms with Gasteiger partial charge in [-0.1, -0.05) is 5.16 Å². The molecule has 2 N–H and O–H groups in total. The Bertz CT molecular complexity index is 1230. The van der Waals surface area contributed by atoms with E-state index in [0.29, 0.717) is 36.8 Å². The predicted octanol–water partition coefficient (Wildman–Crippen LogP) is 2.64. The second-order valence-electron chi connectivity index (χ2n) is 7.99. The van der Waals surface area contributed by atoms with Crippen molar-refractivity contribution < 1.29 is 18.8 Å². The lowest BCUT2D eigenvalue weighted by molar-refractivity contribution is -0.143. The molecule has 3 aromatic heterocycles. The zero-order valence-electron chi connectivity index (χ0n) is 18.8. The molecule has 0 radical (unpaired) electrons. The van der Waals surface area contributed by atoms with Crippen molar-refractivity contribution in [3.05, 3.63) is 70.5 Å². The summed E-state index contributed by atoms with van der Waals surface area (Å²) in [6, 6.07) is 5.74. The number of carbonyl (C=O) groups excluding carboxylic acids is 2. The number of ketones is 1. The average molecular weight is 447 g/mol. The van der Waals surface area contributed by atoms with E-state index in [4.69, 9.17) is 15.0 Å². The van der Waals surface area contributed by atoms with Gasteiger partial charge in [-0.2, -0.15) is 0 Å². The van der Waals surface area contributed by atoms with Gasteiger partial charge in [0.2, 0.25) is 11.7 Å². The summed E-state index contributed by atoms with van der Waals surface area (Å²) in [7, 11) is 0. The Labute approximate surface area is 191 Å². The Morgan fingerprint density at radius 2 is 2.03 bits per heavy atom. The Kier molecular flexibility index (Phi) is 6.21. The van der Waals surface area contributed by atoms with Crippen molar-refractivity contribution in [3.63, 3.8) is 0 Å². The summed E-state index contributed by atoms with van der Waals surface area (Å²) in [5.41, 5.74) is 10.8. The smallest absolute Gasteiger partial charge is 0.294 e. The third-order valence-corrected chi connectivity index (χ3v) is 5.69. The summed E-state index contributed by atoms with van der Waals surface area (Å²) >= 11 is 0. The number of fused-ring (bicyclic) bond motifs is 1. The summed E-state index contributed by atoms with van der Waals surface area (Å²) in [4.78, 5) is 34.8. The lowest BCUT2D eigenvalue weighted by Crippen LogP contribution is -2.40. The number of hydrogen-bond acceptors (Lipinski definition) is 8. The fourth-order valence-electron chi connectivity index (χ4n) is 3.60. The molecular weight excluding hydrogens is 422 g/mol. The van der Waals surface area contributed by atoms with Crippen LogP contribution in [0.3, 0.4) is 0 Å². The summed E-state index contributed by atoms with van der Waals surface area (Å²) < 4.78 is 11.3. The largest absolute Gasteiger partial charge is 0.473 e. The van der Waals surface area contributed by atoms with Gasteiger partial charge in [0.25, 0.3) is 5.91 Å². The van der Waals surface area contributed by atoms with Crippen LogP contribution in [0.2, 0.25) is 0 Å². The van der Waals surface area contributed by atoms with Crippen LogP contribution < -0.4 is 10.5 Å². The number of ether oxygens (including phenoxy) is 1. The van der Waals surface area contributed by atoms with E-state index < -0.39 is 11.7 Å². The lowest BCUT2D eigenvalue weighted by atomic mass is 10.0. The average Bonchev–Trinajstić information content (AvgIpc) is 3.21. The Hall–Kier alpha value is -4.01. The van der Waals surface area contributed by atoms with Gasteiger partial charge >= 0.3 is 0 Å². The van der Waals surface area contributed by atoms with Crippen LogP contribution in [0.15, 0.2) is 46.9 Å². The number of aryl methyl sites for hydroxylation is 2. The van der Waals surface area contributed by atoms with Crippen LogP contribution in [0.5, 0.6) is 5.88 Å². The number of rotatable bonds is 6. The van der Waals surface area contributed by atoms with E-state index in [1.54, 1.807) is 12.4 Å². The topological polar surface area (TPSA) is 124 Å². The van der Waals surface area contributed by atoms with Crippen molar-refractivity contribution in [2.45, 2.75) is 40.3 Å². The molecule has 0 fully saturated rings. The normalized spacial score (nSPS) is 13.5. The van der Waals surface area contributed by atoms with Crippen LogP contribution in [0.1, 0.15) is 35.1 Å². The minimum Gasteiger partial charge on any atom is -0.473 e. The summed E-state index contributed by atoms with van der Waals surface area (Å²) in [5.74, 6) is 0.00282. The van der Waals surface area contributed by atoms with Crippen molar-refractivity contribution >= 4 is 11.7 Å². The first-order valence-corrected chi connectivity index (χ1v) is 10.6. The highest BCUT2D eigenvalue weighted by molar-refractivity contribution is 6.42. The summed E-state index contributed by atoms with van der Waals surface area (Å²) in [6.45, 7) is 6.30. The monoisotopic (exact) mass is 447 g/mol. The SMILES string of the molecule is CC(=CN)C(=O)C(=O)N1CCc2cc(OCc3c(-c4ccc(C)nc4)noc3C)ncc2C1. The first kappa shape index (κ1) is 22.2. The van der Waals surface area contributed by atoms with E-state index in [9.17, 15) is 9.59 Å². The lowest BCUT2D eigenvalue weighted by Gasteiger charge is -2.28. The van der Waals surface area contributed by atoms with E-state index in [1.807, 2.05) is 32.0 Å². The van der Waals surface area contributed by atoms with Crippen LogP contribution in [-0.4, -0.2) is 38.3 Å². The third-order valence-electron chi connectivity index (χ3n) is 5.69. The number of carbonyl (C=O) groups is 2. The molecule has 1 aliphatic rings.